The van der Waals surface area contributed by atoms with E-state index < -0.39 is 0 Å². The maximum Gasteiger partial charge on any atom is 0.171 e. The first-order valence-corrected chi connectivity index (χ1v) is 5.24. The van der Waals surface area contributed by atoms with Crippen LogP contribution >= 0.6 is 0 Å². The zero-order valence-corrected chi connectivity index (χ0v) is 8.49. The molecule has 1 aromatic carbocycles. The lowest BCUT2D eigenvalue weighted by Gasteiger charge is -2.14. The van der Waals surface area contributed by atoms with Gasteiger partial charge in [0.1, 0.15) is 0 Å². The van der Waals surface area contributed by atoms with Gasteiger partial charge in [-0.05, 0) is 31.2 Å². The summed E-state index contributed by atoms with van der Waals surface area (Å²) in [5.74, 6) is 1.25. The number of rotatable bonds is 2. The molecule has 2 rings (SSSR count). The van der Waals surface area contributed by atoms with Gasteiger partial charge in [-0.15, -0.1) is 0 Å². The van der Waals surface area contributed by atoms with Crippen LogP contribution in [0.2, 0.25) is 0 Å². The van der Waals surface area contributed by atoms with E-state index in [0.717, 1.165) is 5.56 Å². The van der Waals surface area contributed by atoms with E-state index in [2.05, 4.69) is 11.0 Å². The molecule has 0 bridgehead atoms. The Morgan fingerprint density at radius 1 is 1.29 bits per heavy atom. The Morgan fingerprint density at radius 2 is 2.00 bits per heavy atom. The van der Waals surface area contributed by atoms with E-state index in [0.29, 0.717) is 11.7 Å². The van der Waals surface area contributed by atoms with Gasteiger partial charge in [0, 0.05) is 5.56 Å². The second-order valence-electron chi connectivity index (χ2n) is 4.07. The third-order valence-electron chi connectivity index (χ3n) is 3.13. The summed E-state index contributed by atoms with van der Waals surface area (Å²) in [6, 6.07) is 6.06. The van der Waals surface area contributed by atoms with E-state index in [-0.39, 0.29) is 0 Å². The molecule has 14 heavy (non-hydrogen) atoms. The van der Waals surface area contributed by atoms with Crippen LogP contribution in [-0.4, -0.2) is 5.26 Å². The summed E-state index contributed by atoms with van der Waals surface area (Å²) in [6.45, 7) is 1.96. The van der Waals surface area contributed by atoms with Crippen LogP contribution in [0.15, 0.2) is 18.2 Å². The fourth-order valence-corrected chi connectivity index (χ4v) is 2.36. The standard InChI is InChI=1S/C12H16O2/c1-9-5-4-8-11(12(9)14-13)10-6-2-3-7-10/h4-5,8,10,13H,2-3,6-7H2,1H3. The fourth-order valence-electron chi connectivity index (χ4n) is 2.36. The predicted molar refractivity (Wildman–Crippen MR) is 55.6 cm³/mol. The molecule has 2 nitrogen and oxygen atoms in total. The molecular formula is C12H16O2. The highest BCUT2D eigenvalue weighted by atomic mass is 17.1. The van der Waals surface area contributed by atoms with Crippen molar-refractivity contribution in [3.05, 3.63) is 29.3 Å². The second-order valence-corrected chi connectivity index (χ2v) is 4.07. The Labute approximate surface area is 84.5 Å². The van der Waals surface area contributed by atoms with Crippen LogP contribution in [0.4, 0.5) is 0 Å². The Hall–Kier alpha value is -1.02. The first-order chi connectivity index (χ1) is 6.83. The second kappa shape index (κ2) is 4.01. The quantitative estimate of drug-likeness (QED) is 0.574. The fraction of sp³-hybridized carbons (Fsp3) is 0.500. The average Bonchev–Trinajstić information content (AvgIpc) is 2.70. The number of para-hydroxylation sites is 1. The highest BCUT2D eigenvalue weighted by Crippen LogP contribution is 2.39. The van der Waals surface area contributed by atoms with Crippen molar-refractivity contribution in [2.24, 2.45) is 0 Å². The SMILES string of the molecule is Cc1cccc(C2CCCC2)c1OO. The molecule has 0 saturated heterocycles. The Bertz CT molecular complexity index is 314. The molecule has 0 radical (unpaired) electrons. The predicted octanol–water partition coefficient (Wildman–Crippen LogP) is 3.50. The van der Waals surface area contributed by atoms with E-state index >= 15 is 0 Å². The minimum Gasteiger partial charge on any atom is -0.340 e. The van der Waals surface area contributed by atoms with Crippen LogP contribution in [-0.2, 0) is 0 Å². The van der Waals surface area contributed by atoms with E-state index in [1.165, 1.54) is 31.2 Å². The molecule has 1 aromatic rings. The summed E-state index contributed by atoms with van der Waals surface area (Å²) in [5.41, 5.74) is 2.18. The molecular weight excluding hydrogens is 176 g/mol. The molecule has 1 saturated carbocycles. The molecule has 0 unspecified atom stereocenters. The van der Waals surface area contributed by atoms with Crippen molar-refractivity contribution in [3.8, 4) is 5.75 Å². The smallest absolute Gasteiger partial charge is 0.171 e. The normalized spacial score (nSPS) is 17.3. The zero-order chi connectivity index (χ0) is 9.97. The van der Waals surface area contributed by atoms with Crippen molar-refractivity contribution in [1.82, 2.24) is 0 Å². The van der Waals surface area contributed by atoms with Crippen LogP contribution < -0.4 is 4.89 Å². The highest BCUT2D eigenvalue weighted by Gasteiger charge is 2.21. The number of hydrogen-bond donors (Lipinski definition) is 1. The Kier molecular flexibility index (Phi) is 2.73. The molecule has 1 N–H and O–H groups in total. The average molecular weight is 192 g/mol. The molecule has 1 fully saturated rings. The van der Waals surface area contributed by atoms with Gasteiger partial charge in [0.05, 0.1) is 0 Å². The minimum absolute atomic E-state index is 0.581. The molecule has 0 atom stereocenters. The van der Waals surface area contributed by atoms with Gasteiger partial charge in [-0.2, -0.15) is 0 Å². The van der Waals surface area contributed by atoms with Gasteiger partial charge in [-0.25, -0.2) is 5.26 Å². The molecule has 0 spiro atoms. The first kappa shape index (κ1) is 9.53. The molecule has 76 valence electrons. The highest BCUT2D eigenvalue weighted by molar-refractivity contribution is 5.42. The number of aryl methyl sites for hydroxylation is 1. The van der Waals surface area contributed by atoms with Gasteiger partial charge in [-0.1, -0.05) is 31.0 Å². The van der Waals surface area contributed by atoms with Crippen molar-refractivity contribution in [1.29, 1.82) is 0 Å². The summed E-state index contributed by atoms with van der Waals surface area (Å²) in [4.78, 5) is 4.49. The van der Waals surface area contributed by atoms with E-state index in [4.69, 9.17) is 5.26 Å². The van der Waals surface area contributed by atoms with Gasteiger partial charge >= 0.3 is 0 Å². The molecule has 1 aliphatic carbocycles. The van der Waals surface area contributed by atoms with E-state index in [1.54, 1.807) is 0 Å². The number of hydrogen-bond acceptors (Lipinski definition) is 2. The van der Waals surface area contributed by atoms with E-state index in [1.807, 2.05) is 19.1 Å². The molecule has 0 aliphatic heterocycles. The minimum atomic E-state index is 0.581. The van der Waals surface area contributed by atoms with Gasteiger partial charge in [-0.3, -0.25) is 0 Å². The summed E-state index contributed by atoms with van der Waals surface area (Å²) >= 11 is 0. The van der Waals surface area contributed by atoms with Crippen LogP contribution in [0.25, 0.3) is 0 Å². The summed E-state index contributed by atoms with van der Waals surface area (Å²) in [5, 5.41) is 8.86. The summed E-state index contributed by atoms with van der Waals surface area (Å²) in [7, 11) is 0. The monoisotopic (exact) mass is 192 g/mol. The topological polar surface area (TPSA) is 29.5 Å². The molecule has 0 heterocycles. The molecule has 1 aliphatic rings. The van der Waals surface area contributed by atoms with Crippen molar-refractivity contribution in [2.75, 3.05) is 0 Å². The summed E-state index contributed by atoms with van der Waals surface area (Å²) < 4.78 is 0. The lowest BCUT2D eigenvalue weighted by Crippen LogP contribution is -1.99. The third-order valence-corrected chi connectivity index (χ3v) is 3.13. The van der Waals surface area contributed by atoms with Crippen LogP contribution in [0, 0.1) is 6.92 Å². The van der Waals surface area contributed by atoms with Gasteiger partial charge in [0.2, 0.25) is 0 Å². The lowest BCUT2D eigenvalue weighted by molar-refractivity contribution is -0.139. The molecule has 2 heteroatoms. The van der Waals surface area contributed by atoms with Gasteiger partial charge < -0.3 is 4.89 Å². The maximum atomic E-state index is 8.86. The van der Waals surface area contributed by atoms with Crippen molar-refractivity contribution < 1.29 is 10.1 Å². The van der Waals surface area contributed by atoms with Crippen LogP contribution in [0.1, 0.15) is 42.7 Å². The van der Waals surface area contributed by atoms with Crippen LogP contribution in [0.3, 0.4) is 0 Å². The van der Waals surface area contributed by atoms with Crippen molar-refractivity contribution in [2.45, 2.75) is 38.5 Å². The Morgan fingerprint density at radius 3 is 2.64 bits per heavy atom. The third kappa shape index (κ3) is 1.62. The van der Waals surface area contributed by atoms with Crippen molar-refractivity contribution >= 4 is 0 Å². The lowest BCUT2D eigenvalue weighted by atomic mass is 9.95. The van der Waals surface area contributed by atoms with Crippen molar-refractivity contribution in [3.63, 3.8) is 0 Å². The van der Waals surface area contributed by atoms with Crippen LogP contribution in [0.5, 0.6) is 5.75 Å². The zero-order valence-electron chi connectivity index (χ0n) is 8.49. The largest absolute Gasteiger partial charge is 0.340 e. The number of benzene rings is 1. The first-order valence-electron chi connectivity index (χ1n) is 5.24. The Balaban J connectivity index is 2.35. The molecule has 0 amide bonds. The van der Waals surface area contributed by atoms with E-state index in [9.17, 15) is 0 Å². The van der Waals surface area contributed by atoms with Gasteiger partial charge in [0.25, 0.3) is 0 Å². The summed E-state index contributed by atoms with van der Waals surface area (Å²) in [6.07, 6.45) is 5.03. The molecule has 0 aromatic heterocycles. The van der Waals surface area contributed by atoms with Gasteiger partial charge in [0.15, 0.2) is 5.75 Å². The maximum absolute atomic E-state index is 8.86.